The zero-order valence-electron chi connectivity index (χ0n) is 11.0. The average Bonchev–Trinajstić information content (AvgIpc) is 2.76. The van der Waals surface area contributed by atoms with E-state index < -0.39 is 20.6 Å². The lowest BCUT2D eigenvalue weighted by Crippen LogP contribution is -2.27. The molecule has 0 radical (unpaired) electrons. The van der Waals surface area contributed by atoms with Crippen LogP contribution in [0.25, 0.3) is 0 Å². The van der Waals surface area contributed by atoms with E-state index in [0.29, 0.717) is 17.9 Å². The van der Waals surface area contributed by atoms with Crippen molar-refractivity contribution in [3.63, 3.8) is 0 Å². The average molecular weight is 323 g/mol. The zero-order chi connectivity index (χ0) is 15.2. The van der Waals surface area contributed by atoms with Crippen LogP contribution in [0.4, 0.5) is 10.7 Å². The standard InChI is InChI=1S/C10H17N3O5S2/c1-2-3-5-18-6-4-12-20(16,17)9-7-8(13(14)15)10(11)19-9/h7,12H,2-6,11H2,1H3. The first-order valence-corrected chi connectivity index (χ1v) is 8.29. The zero-order valence-corrected chi connectivity index (χ0v) is 12.6. The number of nitrogens with one attached hydrogen (secondary N) is 1. The molecule has 8 nitrogen and oxygen atoms in total. The minimum absolute atomic E-state index is 0.109. The normalized spacial score (nSPS) is 11.7. The molecule has 0 aliphatic heterocycles. The maximum absolute atomic E-state index is 11.9. The second-order valence-corrected chi connectivity index (χ2v) is 7.01. The van der Waals surface area contributed by atoms with Gasteiger partial charge in [-0.3, -0.25) is 10.1 Å². The molecule has 1 rings (SSSR count). The molecule has 0 saturated carbocycles. The van der Waals surface area contributed by atoms with Crippen molar-refractivity contribution in [2.75, 3.05) is 25.5 Å². The smallest absolute Gasteiger partial charge is 0.304 e. The number of hydrogen-bond donors (Lipinski definition) is 2. The molecule has 0 spiro atoms. The molecular formula is C10H17N3O5S2. The summed E-state index contributed by atoms with van der Waals surface area (Å²) in [5.41, 5.74) is 5.01. The number of anilines is 1. The van der Waals surface area contributed by atoms with E-state index in [2.05, 4.69) is 4.72 Å². The number of nitrogens with two attached hydrogens (primary N) is 1. The maximum atomic E-state index is 11.9. The van der Waals surface area contributed by atoms with Crippen molar-refractivity contribution in [2.24, 2.45) is 0 Å². The van der Waals surface area contributed by atoms with Crippen LogP contribution in [0, 0.1) is 10.1 Å². The summed E-state index contributed by atoms with van der Waals surface area (Å²) in [6.07, 6.45) is 1.92. The fourth-order valence-electron chi connectivity index (χ4n) is 1.32. The van der Waals surface area contributed by atoms with Gasteiger partial charge in [0.05, 0.1) is 11.5 Å². The second kappa shape index (κ2) is 7.53. The van der Waals surface area contributed by atoms with Crippen LogP contribution in [-0.2, 0) is 14.8 Å². The number of nitrogens with zero attached hydrogens (tertiary/aromatic N) is 1. The molecule has 0 fully saturated rings. The molecule has 0 unspecified atom stereocenters. The summed E-state index contributed by atoms with van der Waals surface area (Å²) in [7, 11) is -3.78. The number of ether oxygens (including phenoxy) is 1. The van der Waals surface area contributed by atoms with Crippen LogP contribution in [0.1, 0.15) is 19.8 Å². The fraction of sp³-hybridized carbons (Fsp3) is 0.600. The van der Waals surface area contributed by atoms with Crippen LogP contribution in [0.15, 0.2) is 10.3 Å². The van der Waals surface area contributed by atoms with Gasteiger partial charge in [0.2, 0.25) is 10.0 Å². The SMILES string of the molecule is CCCCOCCNS(=O)(=O)c1cc([N+](=O)[O-])c(N)s1. The number of hydrogen-bond acceptors (Lipinski definition) is 7. The van der Waals surface area contributed by atoms with Crippen molar-refractivity contribution >= 4 is 32.0 Å². The van der Waals surface area contributed by atoms with E-state index in [1.54, 1.807) is 0 Å². The van der Waals surface area contributed by atoms with E-state index in [9.17, 15) is 18.5 Å². The minimum Gasteiger partial charge on any atom is -0.385 e. The summed E-state index contributed by atoms with van der Waals surface area (Å²) in [6.45, 7) is 2.97. The summed E-state index contributed by atoms with van der Waals surface area (Å²) in [5.74, 6) is 0. The fourth-order valence-corrected chi connectivity index (χ4v) is 3.59. The Morgan fingerprint density at radius 3 is 2.75 bits per heavy atom. The van der Waals surface area contributed by atoms with Crippen LogP contribution in [0.3, 0.4) is 0 Å². The van der Waals surface area contributed by atoms with Crippen LogP contribution < -0.4 is 10.5 Å². The van der Waals surface area contributed by atoms with E-state index in [1.807, 2.05) is 6.92 Å². The number of unbranched alkanes of at least 4 members (excludes halogenated alkanes) is 1. The predicted molar refractivity (Wildman–Crippen MR) is 76.3 cm³/mol. The van der Waals surface area contributed by atoms with E-state index in [1.165, 1.54) is 0 Å². The van der Waals surface area contributed by atoms with Crippen LogP contribution in [0.2, 0.25) is 0 Å². The molecule has 3 N–H and O–H groups in total. The van der Waals surface area contributed by atoms with E-state index in [4.69, 9.17) is 10.5 Å². The van der Waals surface area contributed by atoms with Gasteiger partial charge < -0.3 is 10.5 Å². The molecule has 114 valence electrons. The van der Waals surface area contributed by atoms with Crippen LogP contribution in [0.5, 0.6) is 0 Å². The molecule has 1 aromatic rings. The number of nitrogen functional groups attached to an aromatic ring is 1. The van der Waals surface area contributed by atoms with Gasteiger partial charge in [-0.1, -0.05) is 24.7 Å². The highest BCUT2D eigenvalue weighted by molar-refractivity contribution is 7.91. The summed E-state index contributed by atoms with van der Waals surface area (Å²) in [5, 5.41) is 10.5. The molecule has 0 atom stereocenters. The number of rotatable bonds is 9. The predicted octanol–water partition coefficient (Wildman–Crippen LogP) is 1.33. The Morgan fingerprint density at radius 2 is 2.20 bits per heavy atom. The van der Waals surface area contributed by atoms with Gasteiger partial charge in [0.15, 0.2) is 5.00 Å². The Bertz CT molecular complexity index is 555. The first-order valence-electron chi connectivity index (χ1n) is 5.99. The lowest BCUT2D eigenvalue weighted by atomic mass is 10.4. The highest BCUT2D eigenvalue weighted by atomic mass is 32.2. The van der Waals surface area contributed by atoms with Gasteiger partial charge in [-0.2, -0.15) is 0 Å². The molecule has 0 aromatic carbocycles. The molecule has 1 heterocycles. The Labute approximate surface area is 121 Å². The molecule has 20 heavy (non-hydrogen) atoms. The lowest BCUT2D eigenvalue weighted by Gasteiger charge is -2.05. The van der Waals surface area contributed by atoms with Crippen molar-refractivity contribution in [1.29, 1.82) is 0 Å². The van der Waals surface area contributed by atoms with Crippen LogP contribution in [-0.4, -0.2) is 33.1 Å². The third-order valence-electron chi connectivity index (χ3n) is 2.36. The Balaban J connectivity index is 2.56. The third-order valence-corrected chi connectivity index (χ3v) is 5.25. The Hall–Kier alpha value is -1.23. The largest absolute Gasteiger partial charge is 0.385 e. The third kappa shape index (κ3) is 4.71. The summed E-state index contributed by atoms with van der Waals surface area (Å²) < 4.78 is 31.1. The quantitative estimate of drug-likeness (QED) is 0.401. The Kier molecular flexibility index (Phi) is 6.33. The number of thiophene rings is 1. The monoisotopic (exact) mass is 323 g/mol. The first kappa shape index (κ1) is 16.8. The van der Waals surface area contributed by atoms with Crippen molar-refractivity contribution in [1.82, 2.24) is 4.72 Å². The summed E-state index contributed by atoms with van der Waals surface area (Å²) in [4.78, 5) is 9.91. The maximum Gasteiger partial charge on any atom is 0.304 e. The van der Waals surface area contributed by atoms with Gasteiger partial charge in [-0.25, -0.2) is 13.1 Å². The van der Waals surface area contributed by atoms with Crippen molar-refractivity contribution in [3.8, 4) is 0 Å². The molecule has 0 saturated heterocycles. The highest BCUT2D eigenvalue weighted by Crippen LogP contribution is 2.34. The minimum atomic E-state index is -3.78. The highest BCUT2D eigenvalue weighted by Gasteiger charge is 2.24. The lowest BCUT2D eigenvalue weighted by molar-refractivity contribution is -0.383. The van der Waals surface area contributed by atoms with E-state index in [0.717, 1.165) is 18.9 Å². The molecular weight excluding hydrogens is 306 g/mol. The molecule has 10 heteroatoms. The topological polar surface area (TPSA) is 125 Å². The Morgan fingerprint density at radius 1 is 1.50 bits per heavy atom. The second-order valence-electron chi connectivity index (χ2n) is 3.94. The molecule has 0 bridgehead atoms. The first-order chi connectivity index (χ1) is 9.38. The number of sulfonamides is 1. The van der Waals surface area contributed by atoms with Crippen LogP contribution >= 0.6 is 11.3 Å². The van der Waals surface area contributed by atoms with E-state index in [-0.39, 0.29) is 22.4 Å². The van der Waals surface area contributed by atoms with Crippen molar-refractivity contribution < 1.29 is 18.1 Å². The summed E-state index contributed by atoms with van der Waals surface area (Å²) >= 11 is 0.666. The van der Waals surface area contributed by atoms with Crippen molar-refractivity contribution in [3.05, 3.63) is 16.2 Å². The van der Waals surface area contributed by atoms with Gasteiger partial charge in [-0.15, -0.1) is 0 Å². The number of nitro groups is 1. The molecule has 0 amide bonds. The summed E-state index contributed by atoms with van der Waals surface area (Å²) in [6, 6.07) is 0.959. The molecule has 0 aliphatic carbocycles. The van der Waals surface area contributed by atoms with Gasteiger partial charge in [-0.05, 0) is 6.42 Å². The van der Waals surface area contributed by atoms with Gasteiger partial charge in [0, 0.05) is 19.2 Å². The van der Waals surface area contributed by atoms with Gasteiger partial charge in [0.25, 0.3) is 0 Å². The van der Waals surface area contributed by atoms with Gasteiger partial charge >= 0.3 is 5.69 Å². The molecule has 0 aliphatic rings. The van der Waals surface area contributed by atoms with Gasteiger partial charge in [0.1, 0.15) is 4.21 Å². The van der Waals surface area contributed by atoms with Crippen molar-refractivity contribution in [2.45, 2.75) is 24.0 Å². The van der Waals surface area contributed by atoms with E-state index >= 15 is 0 Å². The molecule has 1 aromatic heterocycles.